The van der Waals surface area contributed by atoms with Crippen molar-refractivity contribution < 1.29 is 22.4 Å². The molecule has 0 radical (unpaired) electrons. The van der Waals surface area contributed by atoms with E-state index in [0.717, 1.165) is 22.7 Å². The summed E-state index contributed by atoms with van der Waals surface area (Å²) in [6.45, 7) is 18.0. The first-order valence-electron chi connectivity index (χ1n) is 16.5. The molecular weight excluding hydrogens is 759 g/mol. The topological polar surface area (TPSA) is 45.9 Å². The van der Waals surface area contributed by atoms with Gasteiger partial charge < -0.3 is 4.98 Å². The maximum Gasteiger partial charge on any atom is 1.00 e. The average molecular weight is 804 g/mol. The Morgan fingerprint density at radius 1 is 0.489 bits per heavy atom. The molecule has 3 heterocycles. The Balaban J connectivity index is 0.000000256. The predicted octanol–water partition coefficient (Wildman–Crippen LogP) is 10.8. The van der Waals surface area contributed by atoms with Crippen LogP contribution in [0, 0.1) is 0 Å². The molecule has 0 bridgehead atoms. The van der Waals surface area contributed by atoms with Crippen LogP contribution in [0.3, 0.4) is 0 Å². The second kappa shape index (κ2) is 14.3. The number of hydrogen-bond acceptors (Lipinski definition) is 2. The van der Waals surface area contributed by atoms with E-state index in [1.54, 1.807) is 12.4 Å². The van der Waals surface area contributed by atoms with E-state index in [2.05, 4.69) is 148 Å². The number of nitrogens with zero attached hydrogens (tertiary/aromatic N) is 5. The van der Waals surface area contributed by atoms with Gasteiger partial charge in [0, 0.05) is 27.2 Å². The molecule has 6 heteroatoms. The van der Waals surface area contributed by atoms with Crippen molar-refractivity contribution >= 4 is 50.8 Å². The number of aromatic nitrogens is 3. The number of rotatable bonds is 6. The second-order valence-electron chi connectivity index (χ2n) is 13.3. The predicted molar refractivity (Wildman–Crippen MR) is 194 cm³/mol. The maximum atomic E-state index is 4.80. The minimum absolute atomic E-state index is 0. The van der Waals surface area contributed by atoms with Crippen molar-refractivity contribution in [1.82, 2.24) is 24.1 Å². The molecule has 242 valence electrons. The van der Waals surface area contributed by atoms with E-state index in [4.69, 9.17) is 9.97 Å². The van der Waals surface area contributed by atoms with Crippen LogP contribution >= 0.6 is 0 Å². The number of benzene rings is 4. The van der Waals surface area contributed by atoms with Gasteiger partial charge in [0.2, 0.25) is 0 Å². The molecule has 0 aliphatic carbocycles. The molecule has 1 aliphatic rings. The first-order chi connectivity index (χ1) is 22.2. The van der Waals surface area contributed by atoms with Gasteiger partial charge in [0.1, 0.15) is 0 Å². The molecule has 0 atom stereocenters. The van der Waals surface area contributed by atoms with Crippen LogP contribution in [0.2, 0.25) is 0 Å². The van der Waals surface area contributed by atoms with Crippen molar-refractivity contribution in [2.75, 3.05) is 0 Å². The molecule has 0 unspecified atom stereocenters. The molecule has 0 amide bonds. The van der Waals surface area contributed by atoms with Gasteiger partial charge >= 0.3 is 40.0 Å². The zero-order valence-corrected chi connectivity index (χ0v) is 30.8. The summed E-state index contributed by atoms with van der Waals surface area (Å²) in [4.78, 5) is 14.1. The third-order valence-electron chi connectivity index (χ3n) is 8.76. The largest absolute Gasteiger partial charge is 1.00 e. The van der Waals surface area contributed by atoms with E-state index < -0.39 is 0 Å². The van der Waals surface area contributed by atoms with Crippen LogP contribution in [0.1, 0.15) is 101 Å². The SMILES string of the molecule is CC(C)c1cccc(C(C)C)c1[N+]1=C=[N+](c2c(C(C)C)cccc2C(C)C)c2nccnc21.[Au+].c1ccc2c(c1)[n-]c1ccccc12. The molecule has 0 N–H and O–H groups in total. The van der Waals surface area contributed by atoms with Crippen molar-refractivity contribution in [3.05, 3.63) is 120 Å². The molecule has 5 nitrogen and oxygen atoms in total. The van der Waals surface area contributed by atoms with Gasteiger partial charge in [-0.2, -0.15) is 4.98 Å². The zero-order valence-electron chi connectivity index (χ0n) is 28.6. The minimum atomic E-state index is 0. The Labute approximate surface area is 294 Å². The summed E-state index contributed by atoms with van der Waals surface area (Å²) < 4.78 is 4.29. The fourth-order valence-corrected chi connectivity index (χ4v) is 6.41. The van der Waals surface area contributed by atoms with Crippen LogP contribution in [0.5, 0.6) is 0 Å². The van der Waals surface area contributed by atoms with Gasteiger partial charge in [0.15, 0.2) is 17.6 Å². The van der Waals surface area contributed by atoms with Crippen molar-refractivity contribution in [3.8, 4) is 0 Å². The first-order valence-corrected chi connectivity index (χ1v) is 16.5. The van der Waals surface area contributed by atoms with Gasteiger partial charge in [0.25, 0.3) is 0 Å². The normalized spacial score (nSPS) is 12.3. The molecule has 7 rings (SSSR count). The van der Waals surface area contributed by atoms with Crippen molar-refractivity contribution in [2.24, 2.45) is 0 Å². The molecule has 0 spiro atoms. The molecule has 4 aromatic carbocycles. The van der Waals surface area contributed by atoms with E-state index in [1.165, 1.54) is 44.4 Å². The second-order valence-corrected chi connectivity index (χ2v) is 13.3. The fraction of sp³-hybridized carbons (Fsp3) is 0.293. The molecule has 0 saturated heterocycles. The minimum Gasteiger partial charge on any atom is -0.657 e. The van der Waals surface area contributed by atoms with Crippen LogP contribution in [0.4, 0.5) is 23.0 Å². The average Bonchev–Trinajstić information content (AvgIpc) is 3.63. The Morgan fingerprint density at radius 2 is 0.830 bits per heavy atom. The summed E-state index contributed by atoms with van der Waals surface area (Å²) >= 11 is 0. The first kappa shape index (κ1) is 34.2. The summed E-state index contributed by atoms with van der Waals surface area (Å²) in [6.07, 6.45) is 3.56. The quantitative estimate of drug-likeness (QED) is 0.124. The monoisotopic (exact) mass is 803 g/mol. The number of para-hydroxylation sites is 4. The van der Waals surface area contributed by atoms with Gasteiger partial charge in [0.05, 0.1) is 6.20 Å². The van der Waals surface area contributed by atoms with E-state index in [0.29, 0.717) is 23.7 Å². The molecule has 47 heavy (non-hydrogen) atoms. The molecule has 0 saturated carbocycles. The van der Waals surface area contributed by atoms with Gasteiger partial charge in [-0.15, -0.1) is 11.0 Å². The van der Waals surface area contributed by atoms with Crippen LogP contribution < -0.4 is 14.1 Å². The zero-order chi connectivity index (χ0) is 32.5. The van der Waals surface area contributed by atoms with Crippen LogP contribution in [0.25, 0.3) is 21.8 Å². The summed E-state index contributed by atoms with van der Waals surface area (Å²) in [5.41, 5.74) is 9.73. The van der Waals surface area contributed by atoms with Crippen molar-refractivity contribution in [1.29, 1.82) is 0 Å². The van der Waals surface area contributed by atoms with Crippen molar-refractivity contribution in [2.45, 2.75) is 79.1 Å². The summed E-state index contributed by atoms with van der Waals surface area (Å²) in [6, 6.07) is 33.5. The van der Waals surface area contributed by atoms with E-state index >= 15 is 0 Å². The molecule has 1 aliphatic heterocycles. The third kappa shape index (κ3) is 6.55. The Bertz CT molecular complexity index is 1910. The third-order valence-corrected chi connectivity index (χ3v) is 8.76. The Morgan fingerprint density at radius 3 is 1.17 bits per heavy atom. The Hall–Kier alpha value is -4.12. The fourth-order valence-electron chi connectivity index (χ4n) is 6.41. The van der Waals surface area contributed by atoms with Crippen molar-refractivity contribution in [3.63, 3.8) is 0 Å². The van der Waals surface area contributed by atoms with Crippen LogP contribution in [0.15, 0.2) is 97.3 Å². The molecule has 6 aromatic rings. The molecular formula is C41H44AuN5+2. The van der Waals surface area contributed by atoms with Crippen LogP contribution in [-0.2, 0) is 22.4 Å². The van der Waals surface area contributed by atoms with Gasteiger partial charge in [-0.25, -0.2) is 0 Å². The van der Waals surface area contributed by atoms with Gasteiger partial charge in [-0.1, -0.05) is 149 Å². The summed E-state index contributed by atoms with van der Waals surface area (Å²) in [7, 11) is 0. The maximum absolute atomic E-state index is 4.80. The smallest absolute Gasteiger partial charge is 0.657 e. The van der Waals surface area contributed by atoms with Gasteiger partial charge in [-0.05, 0) is 34.4 Å². The summed E-state index contributed by atoms with van der Waals surface area (Å²) in [5, 5.41) is 2.50. The van der Waals surface area contributed by atoms with E-state index in [-0.39, 0.29) is 22.4 Å². The number of hydrogen-bond donors (Lipinski definition) is 0. The van der Waals surface area contributed by atoms with Gasteiger partial charge in [-0.3, -0.25) is 0 Å². The number of fused-ring (bicyclic) bond motifs is 4. The van der Waals surface area contributed by atoms with E-state index in [1.807, 2.05) is 12.1 Å². The van der Waals surface area contributed by atoms with E-state index in [9.17, 15) is 0 Å². The summed E-state index contributed by atoms with van der Waals surface area (Å²) in [5.74, 6) is 3.18. The Kier molecular flexibility index (Phi) is 10.4. The van der Waals surface area contributed by atoms with Crippen LogP contribution in [-0.4, -0.2) is 16.0 Å². The molecule has 2 aromatic heterocycles. The molecule has 0 fully saturated rings. The standard InChI is InChI=1S/C29H36N4.C12H8N.Au/c1-18(2)22-11-9-12-23(19(3)4)26(22)32-17-33(29-28(32)30-15-16-31-29)27-24(20(5)6)13-10-14-25(27)21(7)8;1-3-7-11-9(5-1)10-6-2-4-8-12(10)13-11;/h9-16,18-21H,1-8H3;1-8H;/q+2;-1;+1.